The van der Waals surface area contributed by atoms with Gasteiger partial charge in [0.05, 0.1) is 5.54 Å². The first-order chi connectivity index (χ1) is 10.2. The molecule has 2 N–H and O–H groups in total. The number of hydrogen-bond donors (Lipinski definition) is 2. The van der Waals surface area contributed by atoms with E-state index < -0.39 is 5.54 Å². The highest BCUT2D eigenvalue weighted by Gasteiger charge is 2.22. The minimum atomic E-state index is -0.423. The molecule has 0 aliphatic rings. The standard InChI is InChI=1S/C19H30N2O.CH4/c1-14(2)9-8-12-20-18(22)21-19(5,6)17-11-7-10-16(13-17)15(3)4;/h7,10-11,13-14H,3,8-9,12H2,1-2,4-6H3,(H2,20,21,22);1H4. The highest BCUT2D eigenvalue weighted by Crippen LogP contribution is 2.23. The molecule has 0 aromatic heterocycles. The van der Waals surface area contributed by atoms with E-state index in [1.165, 1.54) is 0 Å². The monoisotopic (exact) mass is 318 g/mol. The van der Waals surface area contributed by atoms with Crippen LogP contribution in [0.25, 0.3) is 5.57 Å². The molecule has 0 saturated carbocycles. The van der Waals surface area contributed by atoms with Gasteiger partial charge in [0.15, 0.2) is 0 Å². The van der Waals surface area contributed by atoms with Gasteiger partial charge >= 0.3 is 6.03 Å². The van der Waals surface area contributed by atoms with Crippen molar-refractivity contribution in [3.8, 4) is 0 Å². The van der Waals surface area contributed by atoms with Gasteiger partial charge < -0.3 is 10.6 Å². The van der Waals surface area contributed by atoms with Gasteiger partial charge in [-0.3, -0.25) is 0 Å². The summed E-state index contributed by atoms with van der Waals surface area (Å²) < 4.78 is 0. The van der Waals surface area contributed by atoms with Crippen molar-refractivity contribution in [2.45, 2.75) is 60.4 Å². The fourth-order valence-corrected chi connectivity index (χ4v) is 2.29. The van der Waals surface area contributed by atoms with Gasteiger partial charge in [0, 0.05) is 6.54 Å². The van der Waals surface area contributed by atoms with Gasteiger partial charge in [-0.15, -0.1) is 0 Å². The van der Waals surface area contributed by atoms with Crippen molar-refractivity contribution in [1.82, 2.24) is 10.6 Å². The second-order valence-corrected chi connectivity index (χ2v) is 6.90. The molecule has 3 heteroatoms. The molecule has 3 nitrogen and oxygen atoms in total. The molecule has 23 heavy (non-hydrogen) atoms. The van der Waals surface area contributed by atoms with E-state index in [9.17, 15) is 4.79 Å². The molecule has 2 amide bonds. The highest BCUT2D eigenvalue weighted by molar-refractivity contribution is 5.75. The van der Waals surface area contributed by atoms with Crippen LogP contribution in [0.3, 0.4) is 0 Å². The Kier molecular flexibility index (Phi) is 8.66. The van der Waals surface area contributed by atoms with Crippen LogP contribution in [0.1, 0.15) is 66.0 Å². The molecule has 1 aromatic rings. The number of carbonyl (C=O) groups excluding carboxylic acids is 1. The zero-order valence-electron chi connectivity index (χ0n) is 14.6. The summed E-state index contributed by atoms with van der Waals surface area (Å²) in [6, 6.07) is 8.04. The summed E-state index contributed by atoms with van der Waals surface area (Å²) in [4.78, 5) is 12.1. The third-order valence-electron chi connectivity index (χ3n) is 3.75. The van der Waals surface area contributed by atoms with E-state index in [0.717, 1.165) is 29.5 Å². The van der Waals surface area contributed by atoms with Crippen LogP contribution in [0, 0.1) is 5.92 Å². The van der Waals surface area contributed by atoms with Crippen LogP contribution in [0.2, 0.25) is 0 Å². The summed E-state index contributed by atoms with van der Waals surface area (Å²) in [6.07, 6.45) is 2.14. The lowest BCUT2D eigenvalue weighted by Gasteiger charge is -2.27. The number of hydrogen-bond acceptors (Lipinski definition) is 1. The maximum Gasteiger partial charge on any atom is 0.315 e. The van der Waals surface area contributed by atoms with Gasteiger partial charge in [-0.2, -0.15) is 0 Å². The Balaban J connectivity index is 0.00000484. The van der Waals surface area contributed by atoms with Gasteiger partial charge in [0.2, 0.25) is 0 Å². The van der Waals surface area contributed by atoms with Crippen molar-refractivity contribution in [3.63, 3.8) is 0 Å². The zero-order chi connectivity index (χ0) is 16.8. The van der Waals surface area contributed by atoms with Crippen LogP contribution < -0.4 is 10.6 Å². The Morgan fingerprint density at radius 2 is 1.96 bits per heavy atom. The largest absolute Gasteiger partial charge is 0.338 e. The minimum Gasteiger partial charge on any atom is -0.338 e. The van der Waals surface area contributed by atoms with Crippen molar-refractivity contribution in [2.24, 2.45) is 5.92 Å². The Morgan fingerprint density at radius 3 is 2.52 bits per heavy atom. The Hall–Kier alpha value is -1.77. The number of nitrogens with one attached hydrogen (secondary N) is 2. The summed E-state index contributed by atoms with van der Waals surface area (Å²) in [5.41, 5.74) is 2.78. The summed E-state index contributed by atoms with van der Waals surface area (Å²) in [7, 11) is 0. The first-order valence-corrected chi connectivity index (χ1v) is 8.05. The van der Waals surface area contributed by atoms with Crippen molar-refractivity contribution in [1.29, 1.82) is 0 Å². The molecular weight excluding hydrogens is 284 g/mol. The van der Waals surface area contributed by atoms with Crippen molar-refractivity contribution in [2.75, 3.05) is 6.54 Å². The van der Waals surface area contributed by atoms with E-state index >= 15 is 0 Å². The van der Waals surface area contributed by atoms with E-state index in [0.29, 0.717) is 12.5 Å². The van der Waals surface area contributed by atoms with Crippen LogP contribution >= 0.6 is 0 Å². The number of amides is 2. The lowest BCUT2D eigenvalue weighted by molar-refractivity contribution is 0.229. The number of urea groups is 1. The van der Waals surface area contributed by atoms with E-state index in [4.69, 9.17) is 0 Å². The van der Waals surface area contributed by atoms with Crippen LogP contribution in [0.15, 0.2) is 30.8 Å². The first kappa shape index (κ1) is 21.2. The zero-order valence-corrected chi connectivity index (χ0v) is 14.6. The van der Waals surface area contributed by atoms with Crippen LogP contribution in [-0.4, -0.2) is 12.6 Å². The average Bonchev–Trinajstić information content (AvgIpc) is 2.43. The lowest BCUT2D eigenvalue weighted by Crippen LogP contribution is -2.46. The van der Waals surface area contributed by atoms with E-state index in [1.807, 2.05) is 39.0 Å². The second-order valence-electron chi connectivity index (χ2n) is 6.90. The third-order valence-corrected chi connectivity index (χ3v) is 3.75. The van der Waals surface area contributed by atoms with Gasteiger partial charge in [-0.05, 0) is 56.7 Å². The molecule has 1 aromatic carbocycles. The molecule has 0 bridgehead atoms. The lowest BCUT2D eigenvalue weighted by atomic mass is 9.92. The van der Waals surface area contributed by atoms with Crippen molar-refractivity contribution < 1.29 is 4.79 Å². The van der Waals surface area contributed by atoms with E-state index in [-0.39, 0.29) is 13.5 Å². The van der Waals surface area contributed by atoms with Gasteiger partial charge in [0.1, 0.15) is 0 Å². The van der Waals surface area contributed by atoms with Gasteiger partial charge in [0.25, 0.3) is 0 Å². The van der Waals surface area contributed by atoms with Crippen molar-refractivity contribution >= 4 is 11.6 Å². The molecule has 0 unspecified atom stereocenters. The molecule has 0 spiro atoms. The number of rotatable bonds is 7. The highest BCUT2D eigenvalue weighted by atomic mass is 16.2. The molecule has 0 aliphatic heterocycles. The third kappa shape index (κ3) is 7.36. The molecule has 0 atom stereocenters. The Morgan fingerprint density at radius 1 is 1.30 bits per heavy atom. The molecule has 0 radical (unpaired) electrons. The molecule has 0 fully saturated rings. The summed E-state index contributed by atoms with van der Waals surface area (Å²) in [6.45, 7) is 15.1. The summed E-state index contributed by atoms with van der Waals surface area (Å²) >= 11 is 0. The maximum atomic E-state index is 12.1. The average molecular weight is 319 g/mol. The second kappa shape index (κ2) is 9.39. The van der Waals surface area contributed by atoms with Crippen molar-refractivity contribution in [3.05, 3.63) is 42.0 Å². The predicted molar refractivity (Wildman–Crippen MR) is 102 cm³/mol. The maximum absolute atomic E-state index is 12.1. The normalized spacial score (nSPS) is 10.9. The van der Waals surface area contributed by atoms with Crippen LogP contribution in [0.5, 0.6) is 0 Å². The van der Waals surface area contributed by atoms with Gasteiger partial charge in [-0.25, -0.2) is 4.79 Å². The minimum absolute atomic E-state index is 0. The quantitative estimate of drug-likeness (QED) is 0.656. The smallest absolute Gasteiger partial charge is 0.315 e. The number of allylic oxidation sites excluding steroid dienone is 1. The molecule has 0 saturated heterocycles. The Bertz CT molecular complexity index is 518. The summed E-state index contributed by atoms with van der Waals surface area (Å²) in [5, 5.41) is 5.98. The first-order valence-electron chi connectivity index (χ1n) is 8.05. The van der Waals surface area contributed by atoms with E-state index in [1.54, 1.807) is 0 Å². The molecule has 1 rings (SSSR count). The fourth-order valence-electron chi connectivity index (χ4n) is 2.29. The number of benzene rings is 1. The molecule has 0 heterocycles. The van der Waals surface area contributed by atoms with Gasteiger partial charge in [-0.1, -0.05) is 51.6 Å². The van der Waals surface area contributed by atoms with Crippen LogP contribution in [-0.2, 0) is 5.54 Å². The topological polar surface area (TPSA) is 41.1 Å². The molecule has 0 aliphatic carbocycles. The van der Waals surface area contributed by atoms with Crippen LogP contribution in [0.4, 0.5) is 4.79 Å². The predicted octanol–water partition coefficient (Wildman–Crippen LogP) is 5.33. The molecule has 130 valence electrons. The fraction of sp³-hybridized carbons (Fsp3) is 0.550. The SMILES string of the molecule is C.C=C(C)c1cccc(C(C)(C)NC(=O)NCCCC(C)C)c1. The summed E-state index contributed by atoms with van der Waals surface area (Å²) in [5.74, 6) is 0.672. The van der Waals surface area contributed by atoms with E-state index in [2.05, 4.69) is 37.1 Å². The molecular formula is C20H34N2O. The Labute approximate surface area is 142 Å². The number of carbonyl (C=O) groups is 1.